The molecule has 1 amide bonds. The molecule has 1 unspecified atom stereocenters. The Kier molecular flexibility index (Phi) is 4.15. The van der Waals surface area contributed by atoms with Crippen molar-refractivity contribution in [3.05, 3.63) is 66.0 Å². The van der Waals surface area contributed by atoms with E-state index in [9.17, 15) is 4.79 Å². The van der Waals surface area contributed by atoms with E-state index in [1.54, 1.807) is 11.1 Å². The summed E-state index contributed by atoms with van der Waals surface area (Å²) in [4.78, 5) is 18.4. The number of hydrogen-bond donors (Lipinski definition) is 0. The second-order valence-electron chi connectivity index (χ2n) is 5.15. The van der Waals surface area contributed by atoms with Crippen molar-refractivity contribution in [3.63, 3.8) is 0 Å². The van der Waals surface area contributed by atoms with E-state index in [2.05, 4.69) is 4.98 Å². The lowest BCUT2D eigenvalue weighted by Gasteiger charge is -2.23. The second kappa shape index (κ2) is 6.39. The minimum atomic E-state index is -0.257. The Morgan fingerprint density at radius 1 is 1.19 bits per heavy atom. The Hall–Kier alpha value is -2.36. The van der Waals surface area contributed by atoms with Crippen molar-refractivity contribution in [3.8, 4) is 0 Å². The smallest absolute Gasteiger partial charge is 0.410 e. The fourth-order valence-corrected chi connectivity index (χ4v) is 2.67. The van der Waals surface area contributed by atoms with Crippen LogP contribution in [0, 0.1) is 0 Å². The highest BCUT2D eigenvalue weighted by Gasteiger charge is 2.31. The number of nitrogens with zero attached hydrogens (tertiary/aromatic N) is 2. The molecule has 21 heavy (non-hydrogen) atoms. The van der Waals surface area contributed by atoms with E-state index in [0.29, 0.717) is 6.61 Å². The second-order valence-corrected chi connectivity index (χ2v) is 5.15. The van der Waals surface area contributed by atoms with Gasteiger partial charge in [-0.2, -0.15) is 0 Å². The van der Waals surface area contributed by atoms with E-state index in [4.69, 9.17) is 4.74 Å². The summed E-state index contributed by atoms with van der Waals surface area (Å²) in [7, 11) is 0. The van der Waals surface area contributed by atoms with Gasteiger partial charge in [-0.1, -0.05) is 36.4 Å². The molecule has 0 saturated carbocycles. The molecule has 4 heteroatoms. The van der Waals surface area contributed by atoms with Crippen molar-refractivity contribution >= 4 is 6.09 Å². The van der Waals surface area contributed by atoms with E-state index >= 15 is 0 Å². The maximum absolute atomic E-state index is 12.3. The topological polar surface area (TPSA) is 42.4 Å². The summed E-state index contributed by atoms with van der Waals surface area (Å²) in [5.41, 5.74) is 1.94. The summed E-state index contributed by atoms with van der Waals surface area (Å²) in [6, 6.07) is 15.6. The molecule has 0 bridgehead atoms. The van der Waals surface area contributed by atoms with Gasteiger partial charge in [0.05, 0.1) is 11.7 Å². The first-order valence-corrected chi connectivity index (χ1v) is 7.23. The number of aromatic nitrogens is 1. The summed E-state index contributed by atoms with van der Waals surface area (Å²) in [6.45, 7) is 1.04. The van der Waals surface area contributed by atoms with Gasteiger partial charge in [-0.25, -0.2) is 4.79 Å². The molecule has 1 aromatic heterocycles. The van der Waals surface area contributed by atoms with Crippen LogP contribution in [0.1, 0.15) is 30.1 Å². The van der Waals surface area contributed by atoms with Crippen molar-refractivity contribution in [1.82, 2.24) is 9.88 Å². The van der Waals surface area contributed by atoms with Gasteiger partial charge >= 0.3 is 6.09 Å². The first-order valence-electron chi connectivity index (χ1n) is 7.23. The summed E-state index contributed by atoms with van der Waals surface area (Å²) in [5.74, 6) is 0. The molecular formula is C17H18N2O2. The fourth-order valence-electron chi connectivity index (χ4n) is 2.67. The number of hydrogen-bond acceptors (Lipinski definition) is 3. The van der Waals surface area contributed by atoms with Crippen LogP contribution in [0.25, 0.3) is 0 Å². The molecule has 2 aromatic rings. The molecule has 108 valence electrons. The molecule has 1 fully saturated rings. The van der Waals surface area contributed by atoms with Crippen LogP contribution >= 0.6 is 0 Å². The molecule has 0 N–H and O–H groups in total. The van der Waals surface area contributed by atoms with Gasteiger partial charge in [0.2, 0.25) is 0 Å². The zero-order valence-electron chi connectivity index (χ0n) is 11.8. The van der Waals surface area contributed by atoms with Crippen molar-refractivity contribution in [2.24, 2.45) is 0 Å². The van der Waals surface area contributed by atoms with E-state index < -0.39 is 0 Å². The molecule has 4 nitrogen and oxygen atoms in total. The number of pyridine rings is 1. The minimum absolute atomic E-state index is 0.0365. The number of likely N-dealkylation sites (tertiary alicyclic amines) is 1. The molecule has 1 saturated heterocycles. The first-order chi connectivity index (χ1) is 10.3. The van der Waals surface area contributed by atoms with Crippen LogP contribution in [0.15, 0.2) is 54.7 Å². The third kappa shape index (κ3) is 3.21. The predicted octanol–water partition coefficient (Wildman–Crippen LogP) is 3.56. The monoisotopic (exact) mass is 282 g/mol. The highest BCUT2D eigenvalue weighted by atomic mass is 16.6. The quantitative estimate of drug-likeness (QED) is 0.864. The largest absolute Gasteiger partial charge is 0.445 e. The molecule has 0 spiro atoms. The standard InChI is InChI=1S/C17H18N2O2/c20-17(21-13-14-7-2-1-3-8-14)19-12-6-10-16(19)15-9-4-5-11-18-15/h1-5,7-9,11,16H,6,10,12-13H2. The molecule has 1 aliphatic rings. The van der Waals surface area contributed by atoms with Gasteiger partial charge in [-0.05, 0) is 30.5 Å². The van der Waals surface area contributed by atoms with Gasteiger partial charge in [-0.15, -0.1) is 0 Å². The van der Waals surface area contributed by atoms with E-state index in [-0.39, 0.29) is 12.1 Å². The van der Waals surface area contributed by atoms with Crippen LogP contribution in [-0.4, -0.2) is 22.5 Å². The Morgan fingerprint density at radius 2 is 2.00 bits per heavy atom. The lowest BCUT2D eigenvalue weighted by molar-refractivity contribution is 0.0915. The zero-order chi connectivity index (χ0) is 14.5. The van der Waals surface area contributed by atoms with Crippen LogP contribution in [0.5, 0.6) is 0 Å². The van der Waals surface area contributed by atoms with E-state index in [0.717, 1.165) is 30.6 Å². The molecule has 2 heterocycles. The van der Waals surface area contributed by atoms with Crippen molar-refractivity contribution in [2.45, 2.75) is 25.5 Å². The van der Waals surface area contributed by atoms with Crippen molar-refractivity contribution < 1.29 is 9.53 Å². The summed E-state index contributed by atoms with van der Waals surface area (Å²) >= 11 is 0. The van der Waals surface area contributed by atoms with Crippen LogP contribution in [-0.2, 0) is 11.3 Å². The summed E-state index contributed by atoms with van der Waals surface area (Å²) < 4.78 is 5.42. The third-order valence-corrected chi connectivity index (χ3v) is 3.72. The van der Waals surface area contributed by atoms with Crippen LogP contribution in [0.4, 0.5) is 4.79 Å². The van der Waals surface area contributed by atoms with Gasteiger partial charge in [0, 0.05) is 12.7 Å². The van der Waals surface area contributed by atoms with Gasteiger partial charge in [0.25, 0.3) is 0 Å². The average Bonchev–Trinajstić information content (AvgIpc) is 3.04. The van der Waals surface area contributed by atoms with E-state index in [1.807, 2.05) is 48.5 Å². The molecule has 1 atom stereocenters. The summed E-state index contributed by atoms with van der Waals surface area (Å²) in [5, 5.41) is 0. The van der Waals surface area contributed by atoms with Crippen molar-refractivity contribution in [1.29, 1.82) is 0 Å². The SMILES string of the molecule is O=C(OCc1ccccc1)N1CCCC1c1ccccn1. The number of carbonyl (C=O) groups is 1. The fraction of sp³-hybridized carbons (Fsp3) is 0.294. The highest BCUT2D eigenvalue weighted by molar-refractivity contribution is 5.68. The summed E-state index contributed by atoms with van der Waals surface area (Å²) in [6.07, 6.45) is 3.44. The minimum Gasteiger partial charge on any atom is -0.445 e. The Balaban J connectivity index is 1.64. The van der Waals surface area contributed by atoms with Crippen LogP contribution in [0.3, 0.4) is 0 Å². The van der Waals surface area contributed by atoms with Crippen LogP contribution in [0.2, 0.25) is 0 Å². The number of carbonyl (C=O) groups excluding carboxylic acids is 1. The molecule has 3 rings (SSSR count). The maximum Gasteiger partial charge on any atom is 0.410 e. The number of ether oxygens (including phenoxy) is 1. The van der Waals surface area contributed by atoms with E-state index in [1.165, 1.54) is 0 Å². The number of benzene rings is 1. The van der Waals surface area contributed by atoms with Gasteiger partial charge in [0.1, 0.15) is 6.61 Å². The Bertz CT molecular complexity index is 586. The molecular weight excluding hydrogens is 264 g/mol. The lowest BCUT2D eigenvalue weighted by atomic mass is 10.1. The van der Waals surface area contributed by atoms with Gasteiger partial charge in [-0.3, -0.25) is 9.88 Å². The predicted molar refractivity (Wildman–Crippen MR) is 79.5 cm³/mol. The number of amides is 1. The normalized spacial score (nSPS) is 17.7. The number of rotatable bonds is 3. The lowest BCUT2D eigenvalue weighted by Crippen LogP contribution is -2.31. The van der Waals surface area contributed by atoms with Gasteiger partial charge < -0.3 is 4.74 Å². The van der Waals surface area contributed by atoms with Gasteiger partial charge in [0.15, 0.2) is 0 Å². The van der Waals surface area contributed by atoms with Crippen LogP contribution < -0.4 is 0 Å². The van der Waals surface area contributed by atoms with Crippen molar-refractivity contribution in [2.75, 3.05) is 6.54 Å². The molecule has 0 aliphatic carbocycles. The average molecular weight is 282 g/mol. The maximum atomic E-state index is 12.3. The first kappa shape index (κ1) is 13.6. The zero-order valence-corrected chi connectivity index (χ0v) is 11.8. The Morgan fingerprint density at radius 3 is 2.76 bits per heavy atom. The third-order valence-electron chi connectivity index (χ3n) is 3.72. The molecule has 0 radical (unpaired) electrons. The molecule has 1 aliphatic heterocycles. The Labute approximate surface area is 124 Å². The molecule has 1 aromatic carbocycles. The highest BCUT2D eigenvalue weighted by Crippen LogP contribution is 2.31.